The maximum atomic E-state index is 5.64. The van der Waals surface area contributed by atoms with E-state index in [1.54, 1.807) is 0 Å². The summed E-state index contributed by atoms with van der Waals surface area (Å²) < 4.78 is 5.64. The minimum absolute atomic E-state index is 0.348. The lowest BCUT2D eigenvalue weighted by molar-refractivity contribution is 0.117. The molecule has 0 radical (unpaired) electrons. The van der Waals surface area contributed by atoms with Crippen LogP contribution in [0.5, 0.6) is 0 Å². The molecule has 0 saturated carbocycles. The quantitative estimate of drug-likeness (QED) is 0.616. The van der Waals surface area contributed by atoms with E-state index in [4.69, 9.17) is 9.73 Å². The maximum Gasteiger partial charge on any atom is 0.194 e. The van der Waals surface area contributed by atoms with Crippen molar-refractivity contribution in [2.75, 3.05) is 32.8 Å². The number of hydrogen-bond donors (Lipinski definition) is 1. The van der Waals surface area contributed by atoms with Crippen LogP contribution in [0.4, 0.5) is 0 Å². The van der Waals surface area contributed by atoms with Gasteiger partial charge in [-0.15, -0.1) is 0 Å². The van der Waals surface area contributed by atoms with Crippen molar-refractivity contribution < 1.29 is 4.74 Å². The second-order valence-corrected chi connectivity index (χ2v) is 5.52. The Morgan fingerprint density at radius 3 is 2.94 bits per heavy atom. The number of guanidine groups is 1. The fourth-order valence-corrected chi connectivity index (χ4v) is 2.78. The zero-order valence-electron chi connectivity index (χ0n) is 11.8. The average Bonchev–Trinajstić information content (AvgIpc) is 2.87. The fourth-order valence-electron chi connectivity index (χ4n) is 2.78. The van der Waals surface area contributed by atoms with Crippen LogP contribution in [0.3, 0.4) is 0 Å². The first-order valence-electron chi connectivity index (χ1n) is 7.44. The number of nitrogens with zero attached hydrogens (tertiary/aromatic N) is 2. The molecular weight excluding hydrogens is 226 g/mol. The van der Waals surface area contributed by atoms with Gasteiger partial charge in [0.15, 0.2) is 5.96 Å². The van der Waals surface area contributed by atoms with Gasteiger partial charge in [0.1, 0.15) is 0 Å². The fraction of sp³-hybridized carbons (Fsp3) is 0.929. The van der Waals surface area contributed by atoms with E-state index in [1.165, 1.54) is 25.7 Å². The molecule has 0 aromatic rings. The highest BCUT2D eigenvalue weighted by molar-refractivity contribution is 5.80. The van der Waals surface area contributed by atoms with Crippen LogP contribution < -0.4 is 5.32 Å². The van der Waals surface area contributed by atoms with E-state index < -0.39 is 0 Å². The molecule has 0 bridgehead atoms. The Balaban J connectivity index is 1.90. The van der Waals surface area contributed by atoms with E-state index in [2.05, 4.69) is 24.1 Å². The first kappa shape index (κ1) is 13.7. The molecule has 0 spiro atoms. The monoisotopic (exact) mass is 253 g/mol. The molecule has 0 aromatic carbocycles. The molecule has 104 valence electrons. The third-order valence-electron chi connectivity index (χ3n) is 3.76. The van der Waals surface area contributed by atoms with Crippen LogP contribution in [0.15, 0.2) is 4.99 Å². The minimum atomic E-state index is 0.348. The zero-order chi connectivity index (χ0) is 12.8. The molecule has 2 fully saturated rings. The van der Waals surface area contributed by atoms with Gasteiger partial charge in [0.2, 0.25) is 0 Å². The van der Waals surface area contributed by atoms with Gasteiger partial charge in [-0.25, -0.2) is 0 Å². The number of aliphatic imine (C=N–C) groups is 1. The van der Waals surface area contributed by atoms with Crippen molar-refractivity contribution in [3.63, 3.8) is 0 Å². The van der Waals surface area contributed by atoms with Crippen LogP contribution in [0.1, 0.15) is 39.5 Å². The lowest BCUT2D eigenvalue weighted by atomic mass is 10.0. The molecule has 0 amide bonds. The number of nitrogens with one attached hydrogen (secondary N) is 1. The van der Waals surface area contributed by atoms with Gasteiger partial charge in [0.05, 0.1) is 12.6 Å². The second-order valence-electron chi connectivity index (χ2n) is 5.52. The first-order chi connectivity index (χ1) is 8.79. The summed E-state index contributed by atoms with van der Waals surface area (Å²) in [6, 6.07) is 0. The van der Waals surface area contributed by atoms with Crippen LogP contribution in [0, 0.1) is 5.92 Å². The summed E-state index contributed by atoms with van der Waals surface area (Å²) in [6.07, 6.45) is 5.34. The number of likely N-dealkylation sites (tertiary alicyclic amines) is 1. The van der Waals surface area contributed by atoms with Crippen molar-refractivity contribution in [2.24, 2.45) is 10.9 Å². The summed E-state index contributed by atoms with van der Waals surface area (Å²) in [5.74, 6) is 1.87. The number of ether oxygens (including phenoxy) is 1. The highest BCUT2D eigenvalue weighted by Crippen LogP contribution is 2.16. The minimum Gasteiger partial charge on any atom is -0.376 e. The molecule has 2 heterocycles. The highest BCUT2D eigenvalue weighted by atomic mass is 16.5. The summed E-state index contributed by atoms with van der Waals surface area (Å²) in [6.45, 7) is 9.41. The van der Waals surface area contributed by atoms with Crippen molar-refractivity contribution in [1.29, 1.82) is 0 Å². The lowest BCUT2D eigenvalue weighted by Gasteiger charge is -2.33. The van der Waals surface area contributed by atoms with E-state index >= 15 is 0 Å². The molecular formula is C14H27N3O. The summed E-state index contributed by atoms with van der Waals surface area (Å²) >= 11 is 0. The summed E-state index contributed by atoms with van der Waals surface area (Å²) in [7, 11) is 0. The smallest absolute Gasteiger partial charge is 0.194 e. The number of rotatable bonds is 3. The summed E-state index contributed by atoms with van der Waals surface area (Å²) in [5, 5.41) is 3.42. The Kier molecular flexibility index (Phi) is 5.29. The molecule has 2 aliphatic rings. The molecule has 0 aromatic heterocycles. The van der Waals surface area contributed by atoms with Gasteiger partial charge in [-0.1, -0.05) is 6.92 Å². The predicted octanol–water partition coefficient (Wildman–Crippen LogP) is 1.86. The summed E-state index contributed by atoms with van der Waals surface area (Å²) in [4.78, 5) is 7.17. The molecule has 4 heteroatoms. The Morgan fingerprint density at radius 2 is 2.28 bits per heavy atom. The molecule has 2 unspecified atom stereocenters. The van der Waals surface area contributed by atoms with Gasteiger partial charge in [0, 0.05) is 26.2 Å². The Labute approximate surface area is 111 Å². The zero-order valence-corrected chi connectivity index (χ0v) is 11.8. The van der Waals surface area contributed by atoms with Crippen LogP contribution in [0.25, 0.3) is 0 Å². The normalized spacial score (nSPS) is 29.7. The van der Waals surface area contributed by atoms with Gasteiger partial charge >= 0.3 is 0 Å². The van der Waals surface area contributed by atoms with Gasteiger partial charge < -0.3 is 15.0 Å². The van der Waals surface area contributed by atoms with Crippen LogP contribution in [-0.4, -0.2) is 49.7 Å². The van der Waals surface area contributed by atoms with Gasteiger partial charge in [-0.2, -0.15) is 0 Å². The van der Waals surface area contributed by atoms with E-state index in [0.717, 1.165) is 44.7 Å². The van der Waals surface area contributed by atoms with Crippen LogP contribution in [-0.2, 0) is 4.74 Å². The number of hydrogen-bond acceptors (Lipinski definition) is 2. The molecule has 2 rings (SSSR count). The van der Waals surface area contributed by atoms with Crippen LogP contribution >= 0.6 is 0 Å². The van der Waals surface area contributed by atoms with Crippen molar-refractivity contribution in [3.8, 4) is 0 Å². The third-order valence-corrected chi connectivity index (χ3v) is 3.76. The Bertz CT molecular complexity index is 274. The van der Waals surface area contributed by atoms with Crippen molar-refractivity contribution in [1.82, 2.24) is 10.2 Å². The number of piperidine rings is 1. The van der Waals surface area contributed by atoms with Gasteiger partial charge in [-0.3, -0.25) is 4.99 Å². The standard InChI is InChI=1S/C14H27N3O/c1-3-15-14(16-10-13-7-5-9-18-13)17-8-4-6-12(2)11-17/h12-13H,3-11H2,1-2H3,(H,15,16). The van der Waals surface area contributed by atoms with E-state index in [-0.39, 0.29) is 0 Å². The van der Waals surface area contributed by atoms with Crippen molar-refractivity contribution >= 4 is 5.96 Å². The lowest BCUT2D eigenvalue weighted by Crippen LogP contribution is -2.46. The third kappa shape index (κ3) is 3.87. The molecule has 2 aliphatic heterocycles. The molecule has 2 saturated heterocycles. The predicted molar refractivity (Wildman–Crippen MR) is 74.9 cm³/mol. The topological polar surface area (TPSA) is 36.9 Å². The average molecular weight is 253 g/mol. The summed E-state index contributed by atoms with van der Waals surface area (Å²) in [5.41, 5.74) is 0. The molecule has 4 nitrogen and oxygen atoms in total. The van der Waals surface area contributed by atoms with E-state index in [9.17, 15) is 0 Å². The van der Waals surface area contributed by atoms with E-state index in [0.29, 0.717) is 6.10 Å². The largest absolute Gasteiger partial charge is 0.376 e. The SMILES string of the molecule is CCNC(=NCC1CCCO1)N1CCCC(C)C1. The van der Waals surface area contributed by atoms with E-state index in [1.807, 2.05) is 0 Å². The Hall–Kier alpha value is -0.770. The maximum absolute atomic E-state index is 5.64. The molecule has 2 atom stereocenters. The van der Waals surface area contributed by atoms with Crippen molar-refractivity contribution in [2.45, 2.75) is 45.6 Å². The van der Waals surface area contributed by atoms with Crippen LogP contribution in [0.2, 0.25) is 0 Å². The van der Waals surface area contributed by atoms with Gasteiger partial charge in [-0.05, 0) is 38.5 Å². The highest BCUT2D eigenvalue weighted by Gasteiger charge is 2.20. The first-order valence-corrected chi connectivity index (χ1v) is 7.44. The Morgan fingerprint density at radius 1 is 1.39 bits per heavy atom. The molecule has 18 heavy (non-hydrogen) atoms. The molecule has 0 aliphatic carbocycles. The van der Waals surface area contributed by atoms with Gasteiger partial charge in [0.25, 0.3) is 0 Å². The molecule has 1 N–H and O–H groups in total. The van der Waals surface area contributed by atoms with Crippen molar-refractivity contribution in [3.05, 3.63) is 0 Å². The second kappa shape index (κ2) is 6.98.